The number of halogens is 1. The Bertz CT molecular complexity index is 729. The van der Waals surface area contributed by atoms with Crippen LogP contribution in [0.4, 0.5) is 0 Å². The average molecular weight is 387 g/mol. The van der Waals surface area contributed by atoms with Crippen LogP contribution in [0.1, 0.15) is 18.4 Å². The van der Waals surface area contributed by atoms with Gasteiger partial charge < -0.3 is 14.8 Å². The van der Waals surface area contributed by atoms with Gasteiger partial charge in [0.1, 0.15) is 12.7 Å². The molecule has 2 aromatic rings. The van der Waals surface area contributed by atoms with E-state index in [4.69, 9.17) is 21.1 Å². The molecule has 4 nitrogen and oxygen atoms in total. The van der Waals surface area contributed by atoms with Gasteiger partial charge in [0.05, 0.1) is 0 Å². The molecule has 4 rings (SSSR count). The van der Waals surface area contributed by atoms with E-state index in [2.05, 4.69) is 22.3 Å². The Kier molecular flexibility index (Phi) is 6.17. The van der Waals surface area contributed by atoms with Gasteiger partial charge >= 0.3 is 0 Å². The summed E-state index contributed by atoms with van der Waals surface area (Å²) in [5, 5.41) is 4.39. The minimum absolute atomic E-state index is 0.0879. The lowest BCUT2D eigenvalue weighted by Crippen LogP contribution is -2.42. The van der Waals surface area contributed by atoms with Crippen LogP contribution < -0.4 is 14.8 Å². The van der Waals surface area contributed by atoms with Crippen molar-refractivity contribution >= 4 is 11.6 Å². The lowest BCUT2D eigenvalue weighted by molar-refractivity contribution is 0.0881. The molecular formula is C22H27ClN2O2. The van der Waals surface area contributed by atoms with Crippen molar-refractivity contribution in [2.75, 3.05) is 32.8 Å². The number of piperidine rings is 1. The lowest BCUT2D eigenvalue weighted by Gasteiger charge is -2.32. The number of hydrogen-bond donors (Lipinski definition) is 1. The molecule has 0 spiro atoms. The molecule has 1 N–H and O–H groups in total. The smallest absolute Gasteiger partial charge is 0.161 e. The molecule has 1 fully saturated rings. The molecule has 0 aliphatic carbocycles. The van der Waals surface area contributed by atoms with Crippen LogP contribution in [0.2, 0.25) is 5.02 Å². The molecule has 1 saturated heterocycles. The van der Waals surface area contributed by atoms with Crippen LogP contribution in [-0.4, -0.2) is 43.8 Å². The van der Waals surface area contributed by atoms with Crippen molar-refractivity contribution in [3.8, 4) is 11.5 Å². The van der Waals surface area contributed by atoms with Crippen molar-refractivity contribution in [1.82, 2.24) is 10.2 Å². The van der Waals surface area contributed by atoms with Gasteiger partial charge in [0.15, 0.2) is 11.5 Å². The molecule has 1 atom stereocenters. The van der Waals surface area contributed by atoms with Gasteiger partial charge in [-0.2, -0.15) is 0 Å². The van der Waals surface area contributed by atoms with Crippen molar-refractivity contribution in [3.05, 3.63) is 59.1 Å². The zero-order valence-electron chi connectivity index (χ0n) is 15.6. The number of benzene rings is 2. The van der Waals surface area contributed by atoms with Crippen molar-refractivity contribution in [2.24, 2.45) is 5.92 Å². The summed E-state index contributed by atoms with van der Waals surface area (Å²) in [7, 11) is 0. The van der Waals surface area contributed by atoms with Gasteiger partial charge in [0.2, 0.25) is 0 Å². The third-order valence-electron chi connectivity index (χ3n) is 5.40. The number of ether oxygens (including phenoxy) is 2. The molecule has 27 heavy (non-hydrogen) atoms. The van der Waals surface area contributed by atoms with E-state index in [1.807, 2.05) is 36.4 Å². The third-order valence-corrected chi connectivity index (χ3v) is 5.65. The van der Waals surface area contributed by atoms with E-state index in [-0.39, 0.29) is 6.10 Å². The topological polar surface area (TPSA) is 33.7 Å². The SMILES string of the molecule is Clc1ccc(CN2CCC(CNCC3COc4ccccc4O3)CC2)cc1. The van der Waals surface area contributed by atoms with Gasteiger partial charge in [-0.25, -0.2) is 0 Å². The second-order valence-corrected chi connectivity index (χ2v) is 7.94. The molecule has 0 saturated carbocycles. The molecule has 0 radical (unpaired) electrons. The highest BCUT2D eigenvalue weighted by Gasteiger charge is 2.22. The van der Waals surface area contributed by atoms with Crippen LogP contribution in [0.3, 0.4) is 0 Å². The lowest BCUT2D eigenvalue weighted by atomic mass is 9.96. The van der Waals surface area contributed by atoms with Crippen LogP contribution in [0.15, 0.2) is 48.5 Å². The van der Waals surface area contributed by atoms with E-state index in [1.54, 1.807) is 0 Å². The number of fused-ring (bicyclic) bond motifs is 1. The molecule has 1 unspecified atom stereocenters. The van der Waals surface area contributed by atoms with Crippen LogP contribution in [-0.2, 0) is 6.54 Å². The first kappa shape index (κ1) is 18.6. The summed E-state index contributed by atoms with van der Waals surface area (Å²) in [5.74, 6) is 2.44. The van der Waals surface area contributed by atoms with Crippen molar-refractivity contribution in [2.45, 2.75) is 25.5 Å². The van der Waals surface area contributed by atoms with Crippen LogP contribution in [0, 0.1) is 5.92 Å². The molecule has 2 aliphatic rings. The summed E-state index contributed by atoms with van der Waals surface area (Å²) >= 11 is 5.97. The van der Waals surface area contributed by atoms with Crippen molar-refractivity contribution < 1.29 is 9.47 Å². The zero-order valence-corrected chi connectivity index (χ0v) is 16.3. The van der Waals surface area contributed by atoms with E-state index in [9.17, 15) is 0 Å². The Labute approximate surface area is 166 Å². The summed E-state index contributed by atoms with van der Waals surface area (Å²) in [6.45, 7) is 5.83. The number of hydrogen-bond acceptors (Lipinski definition) is 4. The van der Waals surface area contributed by atoms with E-state index >= 15 is 0 Å². The Morgan fingerprint density at radius 1 is 0.963 bits per heavy atom. The maximum atomic E-state index is 6.01. The number of nitrogens with zero attached hydrogens (tertiary/aromatic N) is 1. The molecule has 5 heteroatoms. The van der Waals surface area contributed by atoms with Gasteiger partial charge in [-0.05, 0) is 68.2 Å². The molecule has 2 aromatic carbocycles. The highest BCUT2D eigenvalue weighted by molar-refractivity contribution is 6.30. The van der Waals surface area contributed by atoms with Crippen LogP contribution in [0.25, 0.3) is 0 Å². The maximum Gasteiger partial charge on any atom is 0.161 e. The van der Waals surface area contributed by atoms with E-state index in [1.165, 1.54) is 18.4 Å². The molecule has 2 aliphatic heterocycles. The molecule has 0 bridgehead atoms. The molecular weight excluding hydrogens is 360 g/mol. The monoisotopic (exact) mass is 386 g/mol. The standard InChI is InChI=1S/C22H27ClN2O2/c23-19-7-5-18(6-8-19)15-25-11-9-17(10-12-25)13-24-14-20-16-26-21-3-1-2-4-22(21)27-20/h1-8,17,20,24H,9-16H2. The Morgan fingerprint density at radius 3 is 2.48 bits per heavy atom. The van der Waals surface area contributed by atoms with E-state index < -0.39 is 0 Å². The highest BCUT2D eigenvalue weighted by Crippen LogP contribution is 2.30. The molecule has 2 heterocycles. The zero-order chi connectivity index (χ0) is 18.5. The Morgan fingerprint density at radius 2 is 1.70 bits per heavy atom. The van der Waals surface area contributed by atoms with Gasteiger partial charge in [0.25, 0.3) is 0 Å². The number of nitrogens with one attached hydrogen (secondary N) is 1. The molecule has 0 amide bonds. The summed E-state index contributed by atoms with van der Waals surface area (Å²) in [6.07, 6.45) is 2.57. The fourth-order valence-electron chi connectivity index (χ4n) is 3.81. The normalized spacial score (nSPS) is 20.6. The largest absolute Gasteiger partial charge is 0.486 e. The molecule has 144 valence electrons. The van der Waals surface area contributed by atoms with E-state index in [0.717, 1.165) is 55.2 Å². The summed E-state index contributed by atoms with van der Waals surface area (Å²) < 4.78 is 11.8. The second-order valence-electron chi connectivity index (χ2n) is 7.50. The quantitative estimate of drug-likeness (QED) is 0.814. The number of likely N-dealkylation sites (tertiary alicyclic amines) is 1. The number of rotatable bonds is 6. The van der Waals surface area contributed by atoms with Gasteiger partial charge in [-0.15, -0.1) is 0 Å². The van der Waals surface area contributed by atoms with Crippen LogP contribution >= 0.6 is 11.6 Å². The minimum atomic E-state index is 0.0879. The van der Waals surface area contributed by atoms with Crippen molar-refractivity contribution in [1.29, 1.82) is 0 Å². The van der Waals surface area contributed by atoms with Gasteiger partial charge in [-0.1, -0.05) is 35.9 Å². The first-order valence-corrected chi connectivity index (χ1v) is 10.2. The summed E-state index contributed by atoms with van der Waals surface area (Å²) in [6, 6.07) is 16.1. The van der Waals surface area contributed by atoms with E-state index in [0.29, 0.717) is 6.61 Å². The minimum Gasteiger partial charge on any atom is -0.486 e. The first-order chi connectivity index (χ1) is 13.3. The fourth-order valence-corrected chi connectivity index (χ4v) is 3.93. The summed E-state index contributed by atoms with van der Waals surface area (Å²) in [4.78, 5) is 2.54. The Hall–Kier alpha value is -1.75. The van der Waals surface area contributed by atoms with Crippen LogP contribution in [0.5, 0.6) is 11.5 Å². The maximum absolute atomic E-state index is 6.01. The predicted octanol–water partition coefficient (Wildman–Crippen LogP) is 3.98. The fraction of sp³-hybridized carbons (Fsp3) is 0.455. The van der Waals surface area contributed by atoms with Gasteiger partial charge in [-0.3, -0.25) is 4.90 Å². The van der Waals surface area contributed by atoms with Gasteiger partial charge in [0, 0.05) is 18.1 Å². The Balaban J connectivity index is 1.14. The predicted molar refractivity (Wildman–Crippen MR) is 109 cm³/mol. The summed E-state index contributed by atoms with van der Waals surface area (Å²) in [5.41, 5.74) is 1.34. The third kappa shape index (κ3) is 5.16. The van der Waals surface area contributed by atoms with Crippen molar-refractivity contribution in [3.63, 3.8) is 0 Å². The highest BCUT2D eigenvalue weighted by atomic mass is 35.5. The number of para-hydroxylation sites is 2. The molecule has 0 aromatic heterocycles. The first-order valence-electron chi connectivity index (χ1n) is 9.82. The average Bonchev–Trinajstić information content (AvgIpc) is 2.71. The second kappa shape index (κ2) is 8.96.